The Morgan fingerprint density at radius 1 is 1.24 bits per heavy atom. The lowest BCUT2D eigenvalue weighted by molar-refractivity contribution is -0.122. The molecule has 1 aliphatic rings. The van der Waals surface area contributed by atoms with Gasteiger partial charge in [0.15, 0.2) is 0 Å². The monoisotopic (exact) mass is 284 g/mol. The average molecular weight is 284 g/mol. The van der Waals surface area contributed by atoms with Crippen molar-refractivity contribution < 1.29 is 4.79 Å². The van der Waals surface area contributed by atoms with Crippen LogP contribution in [0.25, 0.3) is 0 Å². The topological polar surface area (TPSA) is 32.3 Å². The third-order valence-corrected chi connectivity index (χ3v) is 3.90. The second-order valence-corrected chi connectivity index (χ2v) is 5.43. The predicted molar refractivity (Wildman–Crippen MR) is 85.9 cm³/mol. The molecule has 1 heterocycles. The van der Waals surface area contributed by atoms with Gasteiger partial charge in [-0.2, -0.15) is 0 Å². The van der Waals surface area contributed by atoms with E-state index in [9.17, 15) is 4.79 Å². The Hall–Kier alpha value is -1.79. The first kappa shape index (κ1) is 15.6. The number of nitrogens with zero attached hydrogens (tertiary/aromatic N) is 1. The van der Waals surface area contributed by atoms with Crippen LogP contribution in [0.4, 0.5) is 0 Å². The molecular weight excluding hydrogens is 260 g/mol. The van der Waals surface area contributed by atoms with Crippen molar-refractivity contribution in [1.82, 2.24) is 10.2 Å². The standard InChI is InChI=1S/C18H24N2O/c1-2-17(16-10-4-3-5-11-16)18(21)19-12-6-7-13-20-14-8-9-15-20/h3-5,10-11,17H,2,8-9,12-15H2,1H3,(H,19,21)/t17-/m1/s1. The van der Waals surface area contributed by atoms with Gasteiger partial charge in [-0.15, -0.1) is 0 Å². The molecule has 21 heavy (non-hydrogen) atoms. The van der Waals surface area contributed by atoms with E-state index in [1.165, 1.54) is 12.8 Å². The number of carbonyl (C=O) groups excluding carboxylic acids is 1. The summed E-state index contributed by atoms with van der Waals surface area (Å²) in [7, 11) is 0. The maximum atomic E-state index is 12.2. The first-order valence-corrected chi connectivity index (χ1v) is 7.82. The number of rotatable bonds is 5. The summed E-state index contributed by atoms with van der Waals surface area (Å²) in [5, 5.41) is 2.93. The van der Waals surface area contributed by atoms with Crippen molar-refractivity contribution >= 4 is 5.91 Å². The van der Waals surface area contributed by atoms with Gasteiger partial charge in [-0.25, -0.2) is 0 Å². The fourth-order valence-corrected chi connectivity index (χ4v) is 2.68. The Morgan fingerprint density at radius 2 is 1.95 bits per heavy atom. The summed E-state index contributed by atoms with van der Waals surface area (Å²) in [6.07, 6.45) is 3.37. The van der Waals surface area contributed by atoms with Gasteiger partial charge in [0.2, 0.25) is 5.91 Å². The Labute approximate surface area is 127 Å². The van der Waals surface area contributed by atoms with Crippen LogP contribution >= 0.6 is 0 Å². The molecule has 3 heteroatoms. The van der Waals surface area contributed by atoms with Gasteiger partial charge in [-0.05, 0) is 37.9 Å². The normalized spacial score (nSPS) is 16.0. The fraction of sp³-hybridized carbons (Fsp3) is 0.500. The molecule has 1 saturated heterocycles. The lowest BCUT2D eigenvalue weighted by atomic mass is 9.96. The summed E-state index contributed by atoms with van der Waals surface area (Å²) in [4.78, 5) is 14.6. The number of likely N-dealkylation sites (tertiary alicyclic amines) is 1. The summed E-state index contributed by atoms with van der Waals surface area (Å²) in [5.41, 5.74) is 1.07. The molecule has 1 aromatic rings. The Kier molecular flexibility index (Phi) is 6.30. The predicted octanol–water partition coefficient (Wildman–Crippen LogP) is 2.40. The third kappa shape index (κ3) is 4.91. The SMILES string of the molecule is CC[C@@H](C(=O)NCC#CCN1CCCC1)c1ccccc1. The minimum absolute atomic E-state index is 0.0687. The van der Waals surface area contributed by atoms with Gasteiger partial charge < -0.3 is 5.32 Å². The van der Waals surface area contributed by atoms with Crippen molar-refractivity contribution in [3.63, 3.8) is 0 Å². The van der Waals surface area contributed by atoms with Crippen LogP contribution in [-0.4, -0.2) is 37.0 Å². The fourth-order valence-electron chi connectivity index (χ4n) is 2.68. The van der Waals surface area contributed by atoms with Gasteiger partial charge in [0, 0.05) is 0 Å². The largest absolute Gasteiger partial charge is 0.345 e. The minimum Gasteiger partial charge on any atom is -0.345 e. The van der Waals surface area contributed by atoms with E-state index in [-0.39, 0.29) is 11.8 Å². The van der Waals surface area contributed by atoms with Crippen LogP contribution in [0.1, 0.15) is 37.7 Å². The minimum atomic E-state index is -0.0772. The molecule has 0 aromatic heterocycles. The highest BCUT2D eigenvalue weighted by molar-refractivity contribution is 5.83. The van der Waals surface area contributed by atoms with Gasteiger partial charge >= 0.3 is 0 Å². The number of hydrogen-bond donors (Lipinski definition) is 1. The van der Waals surface area contributed by atoms with Crippen LogP contribution in [0.3, 0.4) is 0 Å². The van der Waals surface area contributed by atoms with Gasteiger partial charge in [0.05, 0.1) is 19.0 Å². The maximum absolute atomic E-state index is 12.2. The smallest absolute Gasteiger partial charge is 0.228 e. The van der Waals surface area contributed by atoms with Crippen molar-refractivity contribution in [2.75, 3.05) is 26.2 Å². The zero-order valence-corrected chi connectivity index (χ0v) is 12.8. The molecule has 1 amide bonds. The van der Waals surface area contributed by atoms with Crippen LogP contribution in [-0.2, 0) is 4.79 Å². The molecule has 112 valence electrons. The molecule has 3 nitrogen and oxygen atoms in total. The lowest BCUT2D eigenvalue weighted by Crippen LogP contribution is -2.29. The first-order valence-electron chi connectivity index (χ1n) is 7.82. The van der Waals surface area contributed by atoms with Crippen molar-refractivity contribution in [3.8, 4) is 11.8 Å². The molecular formula is C18H24N2O. The second-order valence-electron chi connectivity index (χ2n) is 5.43. The van der Waals surface area contributed by atoms with E-state index in [1.54, 1.807) is 0 Å². The van der Waals surface area contributed by atoms with Crippen LogP contribution in [0, 0.1) is 11.8 Å². The average Bonchev–Trinajstić information content (AvgIpc) is 3.02. The summed E-state index contributed by atoms with van der Waals surface area (Å²) >= 11 is 0. The molecule has 2 rings (SSSR count). The van der Waals surface area contributed by atoms with E-state index >= 15 is 0 Å². The number of amides is 1. The van der Waals surface area contributed by atoms with E-state index < -0.39 is 0 Å². The molecule has 0 radical (unpaired) electrons. The van der Waals surface area contributed by atoms with E-state index in [2.05, 4.69) is 22.1 Å². The molecule has 0 saturated carbocycles. The summed E-state index contributed by atoms with van der Waals surface area (Å²) in [6.45, 7) is 5.62. The number of carbonyl (C=O) groups is 1. The highest BCUT2D eigenvalue weighted by Crippen LogP contribution is 2.18. The lowest BCUT2D eigenvalue weighted by Gasteiger charge is -2.14. The van der Waals surface area contributed by atoms with Crippen LogP contribution in [0.15, 0.2) is 30.3 Å². The van der Waals surface area contributed by atoms with E-state index in [0.29, 0.717) is 6.54 Å². The highest BCUT2D eigenvalue weighted by atomic mass is 16.1. The van der Waals surface area contributed by atoms with Crippen molar-refractivity contribution in [1.29, 1.82) is 0 Å². The van der Waals surface area contributed by atoms with Crippen LogP contribution < -0.4 is 5.32 Å². The zero-order valence-electron chi connectivity index (χ0n) is 12.8. The van der Waals surface area contributed by atoms with Gasteiger partial charge in [0.25, 0.3) is 0 Å². The zero-order chi connectivity index (χ0) is 14.9. The summed E-state index contributed by atoms with van der Waals surface area (Å²) in [5.74, 6) is 6.18. The molecule has 0 aliphatic carbocycles. The molecule has 1 atom stereocenters. The van der Waals surface area contributed by atoms with E-state index in [0.717, 1.165) is 31.6 Å². The summed E-state index contributed by atoms with van der Waals surface area (Å²) in [6, 6.07) is 9.93. The molecule has 1 aliphatic heterocycles. The number of hydrogen-bond acceptors (Lipinski definition) is 2. The van der Waals surface area contributed by atoms with Crippen LogP contribution in [0.2, 0.25) is 0 Å². The Morgan fingerprint density at radius 3 is 2.62 bits per heavy atom. The van der Waals surface area contributed by atoms with Crippen LogP contribution in [0.5, 0.6) is 0 Å². The van der Waals surface area contributed by atoms with E-state index in [1.807, 2.05) is 37.3 Å². The molecule has 0 bridgehead atoms. The first-order chi connectivity index (χ1) is 10.3. The second kappa shape index (κ2) is 8.49. The molecule has 1 N–H and O–H groups in total. The van der Waals surface area contributed by atoms with Gasteiger partial charge in [-0.1, -0.05) is 49.1 Å². The quantitative estimate of drug-likeness (QED) is 0.842. The Balaban J connectivity index is 1.76. The van der Waals surface area contributed by atoms with E-state index in [4.69, 9.17) is 0 Å². The molecule has 1 fully saturated rings. The van der Waals surface area contributed by atoms with Gasteiger partial charge in [0.1, 0.15) is 0 Å². The number of benzene rings is 1. The maximum Gasteiger partial charge on any atom is 0.228 e. The molecule has 0 unspecified atom stereocenters. The Bertz CT molecular complexity index is 495. The van der Waals surface area contributed by atoms with Gasteiger partial charge in [-0.3, -0.25) is 9.69 Å². The summed E-state index contributed by atoms with van der Waals surface area (Å²) < 4.78 is 0. The van der Waals surface area contributed by atoms with Crippen molar-refractivity contribution in [2.24, 2.45) is 0 Å². The number of nitrogens with one attached hydrogen (secondary N) is 1. The molecule has 0 spiro atoms. The highest BCUT2D eigenvalue weighted by Gasteiger charge is 2.17. The van der Waals surface area contributed by atoms with Crippen molar-refractivity contribution in [2.45, 2.75) is 32.1 Å². The van der Waals surface area contributed by atoms with Crippen molar-refractivity contribution in [3.05, 3.63) is 35.9 Å². The molecule has 1 aromatic carbocycles. The third-order valence-electron chi connectivity index (χ3n) is 3.90.